The van der Waals surface area contributed by atoms with Gasteiger partial charge in [0, 0.05) is 32.2 Å². The summed E-state index contributed by atoms with van der Waals surface area (Å²) in [5.41, 5.74) is 0.484. The lowest BCUT2D eigenvalue weighted by molar-refractivity contribution is -0.0789. The van der Waals surface area contributed by atoms with Crippen LogP contribution >= 0.6 is 0 Å². The summed E-state index contributed by atoms with van der Waals surface area (Å²) in [5.74, 6) is 0. The molecule has 1 saturated heterocycles. The number of ether oxygens (including phenoxy) is 1. The van der Waals surface area contributed by atoms with Crippen LogP contribution in [0.1, 0.15) is 66.2 Å². The van der Waals surface area contributed by atoms with Crippen LogP contribution < -0.4 is 5.32 Å². The fourth-order valence-electron chi connectivity index (χ4n) is 4.18. The number of rotatable bonds is 5. The molecule has 1 saturated carbocycles. The summed E-state index contributed by atoms with van der Waals surface area (Å²) in [5, 5.41) is 3.74. The summed E-state index contributed by atoms with van der Waals surface area (Å²) < 4.78 is 5.90. The van der Waals surface area contributed by atoms with Crippen molar-refractivity contribution in [2.75, 3.05) is 26.2 Å². The molecule has 2 aliphatic rings. The van der Waals surface area contributed by atoms with Crippen LogP contribution in [0.25, 0.3) is 0 Å². The second-order valence-corrected chi connectivity index (χ2v) is 7.90. The van der Waals surface area contributed by atoms with Crippen LogP contribution in [-0.2, 0) is 4.74 Å². The lowest BCUT2D eigenvalue weighted by Gasteiger charge is -2.43. The number of nitrogens with one attached hydrogen (secondary N) is 1. The zero-order valence-corrected chi connectivity index (χ0v) is 14.7. The van der Waals surface area contributed by atoms with Gasteiger partial charge in [0.05, 0.1) is 12.2 Å². The minimum atomic E-state index is 0.384. The van der Waals surface area contributed by atoms with Gasteiger partial charge in [-0.2, -0.15) is 0 Å². The number of morpholine rings is 1. The Hall–Kier alpha value is -0.120. The van der Waals surface area contributed by atoms with Crippen molar-refractivity contribution in [1.82, 2.24) is 10.2 Å². The Kier molecular flexibility index (Phi) is 6.51. The van der Waals surface area contributed by atoms with E-state index in [1.54, 1.807) is 0 Å². The highest BCUT2D eigenvalue weighted by molar-refractivity contribution is 4.89. The van der Waals surface area contributed by atoms with Gasteiger partial charge in [0.15, 0.2) is 0 Å². The van der Waals surface area contributed by atoms with Crippen LogP contribution in [0.4, 0.5) is 0 Å². The predicted octanol–water partition coefficient (Wildman–Crippen LogP) is 3.43. The Morgan fingerprint density at radius 3 is 2.14 bits per heavy atom. The highest BCUT2D eigenvalue weighted by Gasteiger charge is 2.35. The van der Waals surface area contributed by atoms with Crippen molar-refractivity contribution in [3.05, 3.63) is 0 Å². The summed E-state index contributed by atoms with van der Waals surface area (Å²) in [7, 11) is 0. The van der Waals surface area contributed by atoms with Crippen LogP contribution in [0.5, 0.6) is 0 Å². The molecule has 0 aromatic carbocycles. The monoisotopic (exact) mass is 296 g/mol. The van der Waals surface area contributed by atoms with Gasteiger partial charge in [0.25, 0.3) is 0 Å². The molecule has 0 amide bonds. The first-order chi connectivity index (χ1) is 9.99. The zero-order chi connectivity index (χ0) is 15.3. The molecular formula is C18H36N2O. The molecule has 3 nitrogen and oxygen atoms in total. The van der Waals surface area contributed by atoms with Gasteiger partial charge in [-0.1, -0.05) is 39.5 Å². The molecule has 0 aromatic heterocycles. The average Bonchev–Trinajstić information content (AvgIpc) is 2.61. The molecule has 21 heavy (non-hydrogen) atoms. The van der Waals surface area contributed by atoms with Crippen molar-refractivity contribution in [2.24, 2.45) is 5.41 Å². The van der Waals surface area contributed by atoms with Crippen molar-refractivity contribution in [2.45, 2.75) is 84.5 Å². The molecule has 124 valence electrons. The normalized spacial score (nSPS) is 31.3. The summed E-state index contributed by atoms with van der Waals surface area (Å²) in [6.07, 6.45) is 9.24. The van der Waals surface area contributed by atoms with Gasteiger partial charge in [-0.3, -0.25) is 4.90 Å². The van der Waals surface area contributed by atoms with Crippen molar-refractivity contribution in [3.63, 3.8) is 0 Å². The molecule has 2 atom stereocenters. The van der Waals surface area contributed by atoms with Crippen molar-refractivity contribution in [1.29, 1.82) is 0 Å². The average molecular weight is 296 g/mol. The molecule has 0 bridgehead atoms. The topological polar surface area (TPSA) is 24.5 Å². The van der Waals surface area contributed by atoms with Gasteiger partial charge in [-0.25, -0.2) is 0 Å². The highest BCUT2D eigenvalue weighted by Crippen LogP contribution is 2.36. The SMILES string of the molecule is CC(C)NCC1(CN2CC(C)OC(C)C2)CCCCCC1. The minimum absolute atomic E-state index is 0.384. The van der Waals surface area contributed by atoms with Gasteiger partial charge in [-0.05, 0) is 32.1 Å². The van der Waals surface area contributed by atoms with E-state index in [1.807, 2.05) is 0 Å². The van der Waals surface area contributed by atoms with Crippen LogP contribution in [0.2, 0.25) is 0 Å². The van der Waals surface area contributed by atoms with E-state index in [4.69, 9.17) is 4.74 Å². The van der Waals surface area contributed by atoms with Gasteiger partial charge in [0.2, 0.25) is 0 Å². The second kappa shape index (κ2) is 7.94. The number of hydrogen-bond acceptors (Lipinski definition) is 3. The van der Waals surface area contributed by atoms with Gasteiger partial charge in [-0.15, -0.1) is 0 Å². The van der Waals surface area contributed by atoms with Crippen LogP contribution in [0, 0.1) is 5.41 Å². The Bertz CT molecular complexity index is 288. The first-order valence-corrected chi connectivity index (χ1v) is 9.10. The maximum atomic E-state index is 5.90. The molecular weight excluding hydrogens is 260 g/mol. The molecule has 1 N–H and O–H groups in total. The van der Waals surface area contributed by atoms with Gasteiger partial charge in [0.1, 0.15) is 0 Å². The van der Waals surface area contributed by atoms with E-state index in [2.05, 4.69) is 37.9 Å². The van der Waals surface area contributed by atoms with E-state index in [1.165, 1.54) is 51.6 Å². The van der Waals surface area contributed by atoms with Crippen molar-refractivity contribution < 1.29 is 4.74 Å². The van der Waals surface area contributed by atoms with E-state index < -0.39 is 0 Å². The third kappa shape index (κ3) is 5.54. The summed E-state index contributed by atoms with van der Waals surface area (Å²) in [4.78, 5) is 2.67. The fraction of sp³-hybridized carbons (Fsp3) is 1.00. The van der Waals surface area contributed by atoms with Crippen LogP contribution in [0.3, 0.4) is 0 Å². The molecule has 0 spiro atoms. The van der Waals surface area contributed by atoms with Gasteiger partial charge >= 0.3 is 0 Å². The molecule has 2 rings (SSSR count). The molecule has 1 aliphatic heterocycles. The molecule has 1 heterocycles. The number of nitrogens with zero attached hydrogens (tertiary/aromatic N) is 1. The smallest absolute Gasteiger partial charge is 0.0678 e. The molecule has 0 aromatic rings. The largest absolute Gasteiger partial charge is 0.373 e. The maximum Gasteiger partial charge on any atom is 0.0678 e. The van der Waals surface area contributed by atoms with Crippen molar-refractivity contribution >= 4 is 0 Å². The maximum absolute atomic E-state index is 5.90. The first-order valence-electron chi connectivity index (χ1n) is 9.10. The molecule has 2 unspecified atom stereocenters. The first kappa shape index (κ1) is 17.2. The van der Waals surface area contributed by atoms with E-state index in [9.17, 15) is 0 Å². The van der Waals surface area contributed by atoms with E-state index in [-0.39, 0.29) is 0 Å². The zero-order valence-electron chi connectivity index (χ0n) is 14.7. The molecule has 1 aliphatic carbocycles. The quantitative estimate of drug-likeness (QED) is 0.787. The Labute approximate surface area is 131 Å². The second-order valence-electron chi connectivity index (χ2n) is 7.90. The highest BCUT2D eigenvalue weighted by atomic mass is 16.5. The van der Waals surface area contributed by atoms with E-state index in [0.29, 0.717) is 23.7 Å². The molecule has 3 heteroatoms. The minimum Gasteiger partial charge on any atom is -0.373 e. The number of hydrogen-bond donors (Lipinski definition) is 1. The summed E-state index contributed by atoms with van der Waals surface area (Å²) in [6, 6.07) is 0.590. The third-order valence-corrected chi connectivity index (χ3v) is 5.10. The fourth-order valence-corrected chi connectivity index (χ4v) is 4.18. The Balaban J connectivity index is 2.00. The lowest BCUT2D eigenvalue weighted by atomic mass is 9.79. The lowest BCUT2D eigenvalue weighted by Crippen LogP contribution is -2.52. The Morgan fingerprint density at radius 2 is 1.62 bits per heavy atom. The third-order valence-electron chi connectivity index (χ3n) is 5.10. The molecule has 2 fully saturated rings. The predicted molar refractivity (Wildman–Crippen MR) is 89.7 cm³/mol. The van der Waals surface area contributed by atoms with E-state index in [0.717, 1.165) is 13.1 Å². The van der Waals surface area contributed by atoms with Crippen LogP contribution in [0.15, 0.2) is 0 Å². The molecule has 0 radical (unpaired) electrons. The summed E-state index contributed by atoms with van der Waals surface area (Å²) in [6.45, 7) is 13.6. The standard InChI is InChI=1S/C18H36N2O/c1-15(2)19-13-18(9-7-5-6-8-10-18)14-20-11-16(3)21-17(4)12-20/h15-17,19H,5-14H2,1-4H3. The summed E-state index contributed by atoms with van der Waals surface area (Å²) >= 11 is 0. The van der Waals surface area contributed by atoms with Gasteiger partial charge < -0.3 is 10.1 Å². The van der Waals surface area contributed by atoms with Crippen LogP contribution in [-0.4, -0.2) is 49.3 Å². The Morgan fingerprint density at radius 1 is 1.05 bits per heavy atom. The van der Waals surface area contributed by atoms with Crippen molar-refractivity contribution in [3.8, 4) is 0 Å². The van der Waals surface area contributed by atoms with E-state index >= 15 is 0 Å².